The average molecular weight is 364 g/mol. The van der Waals surface area contributed by atoms with Gasteiger partial charge in [0.2, 0.25) is 5.91 Å². The summed E-state index contributed by atoms with van der Waals surface area (Å²) < 4.78 is 12.9. The van der Waals surface area contributed by atoms with Crippen molar-refractivity contribution in [2.45, 2.75) is 51.2 Å². The van der Waals surface area contributed by atoms with E-state index in [-0.39, 0.29) is 24.3 Å². The van der Waals surface area contributed by atoms with Crippen LogP contribution >= 0.6 is 0 Å². The lowest BCUT2D eigenvalue weighted by atomic mass is 10.0. The van der Waals surface area contributed by atoms with Gasteiger partial charge in [0.05, 0.1) is 0 Å². The second kappa shape index (κ2) is 10.1. The quantitative estimate of drug-likeness (QED) is 0.693. The van der Waals surface area contributed by atoms with Gasteiger partial charge in [0, 0.05) is 25.7 Å². The van der Waals surface area contributed by atoms with Gasteiger partial charge < -0.3 is 20.9 Å². The van der Waals surface area contributed by atoms with E-state index in [0.717, 1.165) is 24.8 Å². The van der Waals surface area contributed by atoms with Gasteiger partial charge in [-0.2, -0.15) is 0 Å². The Balaban J connectivity index is 1.84. The molecule has 6 nitrogen and oxygen atoms in total. The highest BCUT2D eigenvalue weighted by molar-refractivity contribution is 5.87. The third kappa shape index (κ3) is 5.98. The maximum Gasteiger partial charge on any atom is 0.315 e. The second-order valence-corrected chi connectivity index (χ2v) is 6.68. The van der Waals surface area contributed by atoms with Gasteiger partial charge in [0.25, 0.3) is 0 Å². The molecule has 1 aromatic carbocycles. The van der Waals surface area contributed by atoms with Gasteiger partial charge in [-0.15, -0.1) is 0 Å². The first kappa shape index (κ1) is 20.2. The fraction of sp³-hybridized carbons (Fsp3) is 0.579. The lowest BCUT2D eigenvalue weighted by Crippen LogP contribution is -2.53. The number of rotatable bonds is 7. The number of carbonyl (C=O) groups is 2. The van der Waals surface area contributed by atoms with Crippen LogP contribution in [0, 0.1) is 5.82 Å². The van der Waals surface area contributed by atoms with Crippen LogP contribution in [0.1, 0.15) is 38.2 Å². The molecule has 144 valence electrons. The standard InChI is InChI=1S/C19H29FN4O2/c1-3-4-17(18(25)24-11-9-16(21-2)10-12-24)23-19(26)22-13-14-5-7-15(20)8-6-14/h5-8,16-17,21H,3-4,9-13H2,1-2H3,(H2,22,23,26). The van der Waals surface area contributed by atoms with E-state index in [0.29, 0.717) is 25.6 Å². The molecule has 0 saturated carbocycles. The molecule has 0 radical (unpaired) electrons. The normalized spacial score (nSPS) is 16.2. The number of benzene rings is 1. The smallest absolute Gasteiger partial charge is 0.315 e. The van der Waals surface area contributed by atoms with Crippen molar-refractivity contribution < 1.29 is 14.0 Å². The molecule has 7 heteroatoms. The van der Waals surface area contributed by atoms with Crippen molar-refractivity contribution in [3.63, 3.8) is 0 Å². The molecule has 2 rings (SSSR count). The first-order chi connectivity index (χ1) is 12.5. The van der Waals surface area contributed by atoms with E-state index in [2.05, 4.69) is 16.0 Å². The molecule has 0 aromatic heterocycles. The summed E-state index contributed by atoms with van der Waals surface area (Å²) in [4.78, 5) is 26.8. The van der Waals surface area contributed by atoms with Crippen LogP contribution < -0.4 is 16.0 Å². The van der Waals surface area contributed by atoms with Gasteiger partial charge >= 0.3 is 6.03 Å². The molecule has 3 N–H and O–H groups in total. The van der Waals surface area contributed by atoms with Crippen LogP contribution in [0.25, 0.3) is 0 Å². The van der Waals surface area contributed by atoms with Crippen LogP contribution in [0.5, 0.6) is 0 Å². The minimum Gasteiger partial charge on any atom is -0.341 e. The van der Waals surface area contributed by atoms with E-state index in [1.165, 1.54) is 12.1 Å². The topological polar surface area (TPSA) is 73.5 Å². The van der Waals surface area contributed by atoms with Gasteiger partial charge in [-0.3, -0.25) is 4.79 Å². The van der Waals surface area contributed by atoms with Crippen LogP contribution in [-0.2, 0) is 11.3 Å². The van der Waals surface area contributed by atoms with Gasteiger partial charge in [0.15, 0.2) is 0 Å². The van der Waals surface area contributed by atoms with E-state index in [1.807, 2.05) is 18.9 Å². The van der Waals surface area contributed by atoms with Crippen LogP contribution in [0.2, 0.25) is 0 Å². The van der Waals surface area contributed by atoms with Gasteiger partial charge in [-0.25, -0.2) is 9.18 Å². The van der Waals surface area contributed by atoms with Crippen molar-refractivity contribution in [1.82, 2.24) is 20.9 Å². The number of halogens is 1. The van der Waals surface area contributed by atoms with Crippen molar-refractivity contribution in [2.24, 2.45) is 0 Å². The number of carbonyl (C=O) groups excluding carboxylic acids is 2. The third-order valence-corrected chi connectivity index (χ3v) is 4.76. The number of urea groups is 1. The predicted octanol–water partition coefficient (Wildman–Crippen LogP) is 2.00. The molecular weight excluding hydrogens is 335 g/mol. The molecule has 1 aromatic rings. The molecule has 1 aliphatic rings. The molecular formula is C19H29FN4O2. The van der Waals surface area contributed by atoms with Crippen molar-refractivity contribution in [2.75, 3.05) is 20.1 Å². The summed E-state index contributed by atoms with van der Waals surface area (Å²) in [5.41, 5.74) is 0.800. The van der Waals surface area contributed by atoms with Crippen LogP contribution in [-0.4, -0.2) is 49.1 Å². The number of piperidine rings is 1. The number of hydrogen-bond donors (Lipinski definition) is 3. The Hall–Kier alpha value is -2.15. The summed E-state index contributed by atoms with van der Waals surface area (Å²) >= 11 is 0. The Bertz CT molecular complexity index is 586. The monoisotopic (exact) mass is 364 g/mol. The first-order valence-electron chi connectivity index (χ1n) is 9.28. The highest BCUT2D eigenvalue weighted by atomic mass is 19.1. The number of hydrogen-bond acceptors (Lipinski definition) is 3. The highest BCUT2D eigenvalue weighted by Crippen LogP contribution is 2.13. The summed E-state index contributed by atoms with van der Waals surface area (Å²) in [5, 5.41) is 8.76. The molecule has 1 heterocycles. The van der Waals surface area contributed by atoms with Crippen LogP contribution in [0.3, 0.4) is 0 Å². The molecule has 3 amide bonds. The zero-order chi connectivity index (χ0) is 18.9. The molecule has 1 atom stereocenters. The highest BCUT2D eigenvalue weighted by Gasteiger charge is 2.28. The largest absolute Gasteiger partial charge is 0.341 e. The zero-order valence-corrected chi connectivity index (χ0v) is 15.6. The number of nitrogens with one attached hydrogen (secondary N) is 3. The van der Waals surface area contributed by atoms with Crippen molar-refractivity contribution in [3.8, 4) is 0 Å². The maximum absolute atomic E-state index is 12.9. The molecule has 1 unspecified atom stereocenters. The third-order valence-electron chi connectivity index (χ3n) is 4.76. The molecule has 1 aliphatic heterocycles. The van der Waals surface area contributed by atoms with Crippen molar-refractivity contribution in [3.05, 3.63) is 35.6 Å². The van der Waals surface area contributed by atoms with Gasteiger partial charge in [0.1, 0.15) is 11.9 Å². The van der Waals surface area contributed by atoms with E-state index in [4.69, 9.17) is 0 Å². The van der Waals surface area contributed by atoms with Crippen molar-refractivity contribution in [1.29, 1.82) is 0 Å². The molecule has 26 heavy (non-hydrogen) atoms. The maximum atomic E-state index is 12.9. The van der Waals surface area contributed by atoms with Gasteiger partial charge in [-0.05, 0) is 44.0 Å². The van der Waals surface area contributed by atoms with Crippen LogP contribution in [0.4, 0.5) is 9.18 Å². The Labute approximate surface area is 154 Å². The fourth-order valence-corrected chi connectivity index (χ4v) is 3.15. The predicted molar refractivity (Wildman–Crippen MR) is 99.1 cm³/mol. The van der Waals surface area contributed by atoms with E-state index in [9.17, 15) is 14.0 Å². The summed E-state index contributed by atoms with van der Waals surface area (Å²) in [7, 11) is 1.94. The minimum atomic E-state index is -0.514. The zero-order valence-electron chi connectivity index (χ0n) is 15.6. The van der Waals surface area contributed by atoms with E-state index >= 15 is 0 Å². The molecule has 1 saturated heterocycles. The lowest BCUT2D eigenvalue weighted by Gasteiger charge is -2.34. The molecule has 1 fully saturated rings. The Morgan fingerprint density at radius 1 is 1.23 bits per heavy atom. The SMILES string of the molecule is CCCC(NC(=O)NCc1ccc(F)cc1)C(=O)N1CCC(NC)CC1. The fourth-order valence-electron chi connectivity index (χ4n) is 3.15. The number of nitrogens with zero attached hydrogens (tertiary/aromatic N) is 1. The Morgan fingerprint density at radius 2 is 1.88 bits per heavy atom. The average Bonchev–Trinajstić information content (AvgIpc) is 2.66. The lowest BCUT2D eigenvalue weighted by molar-refractivity contribution is -0.134. The Kier molecular flexibility index (Phi) is 7.84. The number of amides is 3. The molecule has 0 bridgehead atoms. The van der Waals surface area contributed by atoms with Gasteiger partial charge in [-0.1, -0.05) is 25.5 Å². The minimum absolute atomic E-state index is 0.0154. The summed E-state index contributed by atoms with van der Waals surface area (Å²) in [6.07, 6.45) is 3.27. The summed E-state index contributed by atoms with van der Waals surface area (Å²) in [6.45, 7) is 3.70. The second-order valence-electron chi connectivity index (χ2n) is 6.68. The van der Waals surface area contributed by atoms with Crippen molar-refractivity contribution >= 4 is 11.9 Å². The summed E-state index contributed by atoms with van der Waals surface area (Å²) in [5.74, 6) is -0.327. The Morgan fingerprint density at radius 3 is 2.46 bits per heavy atom. The summed E-state index contributed by atoms with van der Waals surface area (Å²) in [6, 6.07) is 5.51. The van der Waals surface area contributed by atoms with E-state index in [1.54, 1.807) is 12.1 Å². The molecule has 0 aliphatic carbocycles. The van der Waals surface area contributed by atoms with E-state index < -0.39 is 6.04 Å². The van der Waals surface area contributed by atoms with Crippen LogP contribution in [0.15, 0.2) is 24.3 Å². The molecule has 0 spiro atoms. The number of likely N-dealkylation sites (tertiary alicyclic amines) is 1. The first-order valence-corrected chi connectivity index (χ1v) is 9.28.